The van der Waals surface area contributed by atoms with Crippen LogP contribution in [-0.4, -0.2) is 9.78 Å². The zero-order valence-electron chi connectivity index (χ0n) is 12.4. The van der Waals surface area contributed by atoms with Crippen LogP contribution in [-0.2, 0) is 6.54 Å². The lowest BCUT2D eigenvalue weighted by atomic mass is 10.0. The summed E-state index contributed by atoms with van der Waals surface area (Å²) < 4.78 is 1.90. The minimum atomic E-state index is 0.482. The maximum Gasteiger partial charge on any atom is 0.0975 e. The second-order valence-electron chi connectivity index (χ2n) is 5.31. The summed E-state index contributed by atoms with van der Waals surface area (Å²) in [4.78, 5) is 0. The summed E-state index contributed by atoms with van der Waals surface area (Å²) in [5.74, 6) is 0. The second-order valence-corrected chi connectivity index (χ2v) is 5.31. The molecular formula is C18H19N3. The van der Waals surface area contributed by atoms with E-state index in [4.69, 9.17) is 10.8 Å². The Balaban J connectivity index is 2.12. The second kappa shape index (κ2) is 5.54. The smallest absolute Gasteiger partial charge is 0.0975 e. The van der Waals surface area contributed by atoms with Crippen molar-refractivity contribution in [3.63, 3.8) is 0 Å². The summed E-state index contributed by atoms with van der Waals surface area (Å²) >= 11 is 0. The van der Waals surface area contributed by atoms with Crippen LogP contribution >= 0.6 is 0 Å². The SMILES string of the molecule is Cc1ccc(-c2nn(-c3ccccc3)cc2CN)c(C)c1. The summed E-state index contributed by atoms with van der Waals surface area (Å²) in [6, 6.07) is 16.5. The molecule has 106 valence electrons. The first-order valence-corrected chi connectivity index (χ1v) is 7.10. The predicted octanol–water partition coefficient (Wildman–Crippen LogP) is 3.61. The molecule has 0 bridgehead atoms. The fourth-order valence-electron chi connectivity index (χ4n) is 2.58. The summed E-state index contributed by atoms with van der Waals surface area (Å²) in [5, 5.41) is 4.75. The van der Waals surface area contributed by atoms with Crippen molar-refractivity contribution in [1.29, 1.82) is 0 Å². The number of aryl methyl sites for hydroxylation is 2. The van der Waals surface area contributed by atoms with E-state index in [1.165, 1.54) is 11.1 Å². The van der Waals surface area contributed by atoms with Gasteiger partial charge in [-0.15, -0.1) is 0 Å². The molecule has 0 aliphatic rings. The molecule has 0 atom stereocenters. The molecule has 3 nitrogen and oxygen atoms in total. The van der Waals surface area contributed by atoms with Gasteiger partial charge in [0.15, 0.2) is 0 Å². The summed E-state index contributed by atoms with van der Waals surface area (Å²) in [6.07, 6.45) is 2.02. The third kappa shape index (κ3) is 2.60. The van der Waals surface area contributed by atoms with E-state index in [9.17, 15) is 0 Å². The highest BCUT2D eigenvalue weighted by Gasteiger charge is 2.13. The van der Waals surface area contributed by atoms with E-state index in [-0.39, 0.29) is 0 Å². The maximum atomic E-state index is 5.91. The van der Waals surface area contributed by atoms with Crippen molar-refractivity contribution in [3.05, 3.63) is 71.4 Å². The molecule has 1 aromatic heterocycles. The van der Waals surface area contributed by atoms with Crippen molar-refractivity contribution in [1.82, 2.24) is 9.78 Å². The van der Waals surface area contributed by atoms with E-state index < -0.39 is 0 Å². The minimum Gasteiger partial charge on any atom is -0.326 e. The van der Waals surface area contributed by atoms with Crippen LogP contribution in [0.5, 0.6) is 0 Å². The van der Waals surface area contributed by atoms with Gasteiger partial charge >= 0.3 is 0 Å². The molecule has 0 unspecified atom stereocenters. The number of rotatable bonds is 3. The first-order valence-electron chi connectivity index (χ1n) is 7.10. The quantitative estimate of drug-likeness (QED) is 0.794. The normalized spacial score (nSPS) is 10.8. The molecule has 1 heterocycles. The van der Waals surface area contributed by atoms with E-state index >= 15 is 0 Å². The van der Waals surface area contributed by atoms with Crippen molar-refractivity contribution in [3.8, 4) is 16.9 Å². The fraction of sp³-hybridized carbons (Fsp3) is 0.167. The number of nitrogens with zero attached hydrogens (tertiary/aromatic N) is 2. The fourth-order valence-corrected chi connectivity index (χ4v) is 2.58. The number of hydrogen-bond acceptors (Lipinski definition) is 2. The molecule has 0 fully saturated rings. The Bertz CT molecular complexity index is 757. The first-order chi connectivity index (χ1) is 10.2. The summed E-state index contributed by atoms with van der Waals surface area (Å²) in [5.41, 5.74) is 12.6. The van der Waals surface area contributed by atoms with Crippen LogP contribution in [0.4, 0.5) is 0 Å². The molecule has 0 aliphatic carbocycles. The third-order valence-electron chi connectivity index (χ3n) is 3.67. The molecule has 0 saturated carbocycles. The largest absolute Gasteiger partial charge is 0.326 e. The van der Waals surface area contributed by atoms with Crippen LogP contribution in [0.1, 0.15) is 16.7 Å². The molecule has 0 aliphatic heterocycles. The topological polar surface area (TPSA) is 43.8 Å². The molecule has 2 aromatic carbocycles. The first kappa shape index (κ1) is 13.6. The maximum absolute atomic E-state index is 5.91. The average molecular weight is 277 g/mol. The lowest BCUT2D eigenvalue weighted by Crippen LogP contribution is -1.97. The Morgan fingerprint density at radius 3 is 2.48 bits per heavy atom. The Hall–Kier alpha value is -2.39. The summed E-state index contributed by atoms with van der Waals surface area (Å²) in [6.45, 7) is 4.70. The molecule has 3 aromatic rings. The van der Waals surface area contributed by atoms with Crippen molar-refractivity contribution in [2.75, 3.05) is 0 Å². The molecular weight excluding hydrogens is 258 g/mol. The van der Waals surface area contributed by atoms with Gasteiger partial charge in [-0.1, -0.05) is 42.0 Å². The number of benzene rings is 2. The summed E-state index contributed by atoms with van der Waals surface area (Å²) in [7, 11) is 0. The van der Waals surface area contributed by atoms with Gasteiger partial charge in [-0.25, -0.2) is 4.68 Å². The van der Waals surface area contributed by atoms with Crippen molar-refractivity contribution in [2.45, 2.75) is 20.4 Å². The lowest BCUT2D eigenvalue weighted by Gasteiger charge is -2.06. The molecule has 0 spiro atoms. The van der Waals surface area contributed by atoms with Crippen molar-refractivity contribution in [2.24, 2.45) is 5.73 Å². The van der Waals surface area contributed by atoms with Crippen LogP contribution in [0, 0.1) is 13.8 Å². The highest BCUT2D eigenvalue weighted by molar-refractivity contribution is 5.67. The van der Waals surface area contributed by atoms with Gasteiger partial charge in [-0.3, -0.25) is 0 Å². The number of aromatic nitrogens is 2. The van der Waals surface area contributed by atoms with Crippen LogP contribution < -0.4 is 5.73 Å². The van der Waals surface area contributed by atoms with Gasteiger partial charge < -0.3 is 5.73 Å². The Morgan fingerprint density at radius 2 is 1.81 bits per heavy atom. The molecule has 3 rings (SSSR count). The van der Waals surface area contributed by atoms with Gasteiger partial charge in [-0.05, 0) is 31.5 Å². The van der Waals surface area contributed by atoms with Gasteiger partial charge in [0.1, 0.15) is 0 Å². The number of hydrogen-bond donors (Lipinski definition) is 1. The van der Waals surface area contributed by atoms with E-state index in [1.54, 1.807) is 0 Å². The Labute approximate surface area is 125 Å². The van der Waals surface area contributed by atoms with Crippen molar-refractivity contribution < 1.29 is 0 Å². The van der Waals surface area contributed by atoms with Gasteiger partial charge in [0.25, 0.3) is 0 Å². The van der Waals surface area contributed by atoms with Gasteiger partial charge in [0, 0.05) is 23.9 Å². The molecule has 0 amide bonds. The molecule has 0 radical (unpaired) electrons. The minimum absolute atomic E-state index is 0.482. The Morgan fingerprint density at radius 1 is 1.05 bits per heavy atom. The van der Waals surface area contributed by atoms with Crippen molar-refractivity contribution >= 4 is 0 Å². The molecule has 21 heavy (non-hydrogen) atoms. The highest BCUT2D eigenvalue weighted by atomic mass is 15.3. The van der Waals surface area contributed by atoms with Crippen LogP contribution in [0.25, 0.3) is 16.9 Å². The molecule has 3 heteroatoms. The van der Waals surface area contributed by atoms with E-state index in [0.29, 0.717) is 6.54 Å². The van der Waals surface area contributed by atoms with Crippen LogP contribution in [0.15, 0.2) is 54.7 Å². The average Bonchev–Trinajstić information content (AvgIpc) is 2.92. The van der Waals surface area contributed by atoms with E-state index in [0.717, 1.165) is 22.5 Å². The van der Waals surface area contributed by atoms with Crippen LogP contribution in [0.3, 0.4) is 0 Å². The van der Waals surface area contributed by atoms with E-state index in [1.807, 2.05) is 41.2 Å². The highest BCUT2D eigenvalue weighted by Crippen LogP contribution is 2.27. The zero-order valence-corrected chi connectivity index (χ0v) is 12.4. The Kier molecular flexibility index (Phi) is 3.59. The number of para-hydroxylation sites is 1. The molecule has 2 N–H and O–H groups in total. The predicted molar refractivity (Wildman–Crippen MR) is 86.4 cm³/mol. The molecule has 0 saturated heterocycles. The van der Waals surface area contributed by atoms with E-state index in [2.05, 4.69) is 32.0 Å². The lowest BCUT2D eigenvalue weighted by molar-refractivity contribution is 0.882. The zero-order chi connectivity index (χ0) is 14.8. The number of nitrogens with two attached hydrogens (primary N) is 1. The van der Waals surface area contributed by atoms with Gasteiger partial charge in [0.2, 0.25) is 0 Å². The van der Waals surface area contributed by atoms with Gasteiger partial charge in [0.05, 0.1) is 11.4 Å². The third-order valence-corrected chi connectivity index (χ3v) is 3.67. The van der Waals surface area contributed by atoms with Crippen LogP contribution in [0.2, 0.25) is 0 Å². The standard InChI is InChI=1S/C18H19N3/c1-13-8-9-17(14(2)10-13)18-15(11-19)12-21(20-18)16-6-4-3-5-7-16/h3-10,12H,11,19H2,1-2H3. The monoisotopic (exact) mass is 277 g/mol. The van der Waals surface area contributed by atoms with Gasteiger partial charge in [-0.2, -0.15) is 5.10 Å².